The van der Waals surface area contributed by atoms with Crippen LogP contribution in [-0.2, 0) is 11.3 Å². The van der Waals surface area contributed by atoms with E-state index >= 15 is 0 Å². The van der Waals surface area contributed by atoms with Crippen molar-refractivity contribution in [1.29, 1.82) is 0 Å². The standard InChI is InChI=1S/C15H26N2O/c1-12(2)17(9-10-18-13(3)4)11-14-7-5-6-8-15(14)16/h5-8,12-13H,9-11,16H2,1-4H3. The van der Waals surface area contributed by atoms with Crippen LogP contribution in [-0.4, -0.2) is 30.2 Å². The summed E-state index contributed by atoms with van der Waals surface area (Å²) in [6.45, 7) is 11.1. The van der Waals surface area contributed by atoms with Crippen molar-refractivity contribution < 1.29 is 4.74 Å². The molecule has 0 radical (unpaired) electrons. The molecule has 0 aromatic heterocycles. The zero-order chi connectivity index (χ0) is 13.5. The van der Waals surface area contributed by atoms with Crippen LogP contribution in [0, 0.1) is 0 Å². The highest BCUT2D eigenvalue weighted by atomic mass is 16.5. The Kier molecular flexibility index (Phi) is 6.16. The first-order valence-electron chi connectivity index (χ1n) is 6.69. The van der Waals surface area contributed by atoms with Crippen LogP contribution in [0.25, 0.3) is 0 Å². The van der Waals surface area contributed by atoms with Gasteiger partial charge in [0, 0.05) is 24.8 Å². The van der Waals surface area contributed by atoms with Crippen LogP contribution in [0.4, 0.5) is 5.69 Å². The summed E-state index contributed by atoms with van der Waals surface area (Å²) in [6.07, 6.45) is 0.292. The second-order valence-corrected chi connectivity index (χ2v) is 5.18. The highest BCUT2D eigenvalue weighted by molar-refractivity contribution is 5.46. The number of nitrogen functional groups attached to an aromatic ring is 1. The highest BCUT2D eigenvalue weighted by Crippen LogP contribution is 2.14. The third-order valence-corrected chi connectivity index (χ3v) is 2.99. The Morgan fingerprint density at radius 3 is 2.39 bits per heavy atom. The van der Waals surface area contributed by atoms with Crippen molar-refractivity contribution in [3.8, 4) is 0 Å². The van der Waals surface area contributed by atoms with E-state index in [-0.39, 0.29) is 0 Å². The second-order valence-electron chi connectivity index (χ2n) is 5.18. The Bertz CT molecular complexity index is 350. The minimum absolute atomic E-state index is 0.292. The van der Waals surface area contributed by atoms with Gasteiger partial charge in [-0.25, -0.2) is 0 Å². The zero-order valence-corrected chi connectivity index (χ0v) is 12.0. The van der Waals surface area contributed by atoms with E-state index in [9.17, 15) is 0 Å². The maximum absolute atomic E-state index is 5.99. The molecule has 0 bridgehead atoms. The van der Waals surface area contributed by atoms with E-state index in [1.807, 2.05) is 18.2 Å². The van der Waals surface area contributed by atoms with E-state index in [1.165, 1.54) is 5.56 Å². The first-order chi connectivity index (χ1) is 8.50. The SMILES string of the molecule is CC(C)OCCN(Cc1ccccc1N)C(C)C. The van der Waals surface area contributed by atoms with Crippen LogP contribution in [0.5, 0.6) is 0 Å². The van der Waals surface area contributed by atoms with Gasteiger partial charge in [-0.2, -0.15) is 0 Å². The normalized spacial score (nSPS) is 11.7. The topological polar surface area (TPSA) is 38.5 Å². The number of rotatable bonds is 7. The number of nitrogens with two attached hydrogens (primary N) is 1. The monoisotopic (exact) mass is 250 g/mol. The maximum atomic E-state index is 5.99. The van der Waals surface area contributed by atoms with Crippen LogP contribution in [0.15, 0.2) is 24.3 Å². The van der Waals surface area contributed by atoms with E-state index in [2.05, 4.69) is 38.7 Å². The molecule has 102 valence electrons. The molecule has 0 aliphatic rings. The average Bonchev–Trinajstić information content (AvgIpc) is 2.29. The van der Waals surface area contributed by atoms with Gasteiger partial charge in [-0.1, -0.05) is 18.2 Å². The van der Waals surface area contributed by atoms with E-state index in [1.54, 1.807) is 0 Å². The number of benzene rings is 1. The lowest BCUT2D eigenvalue weighted by Crippen LogP contribution is -2.34. The molecule has 3 heteroatoms. The molecule has 0 unspecified atom stereocenters. The van der Waals surface area contributed by atoms with Gasteiger partial charge >= 0.3 is 0 Å². The smallest absolute Gasteiger partial charge is 0.0597 e. The van der Waals surface area contributed by atoms with Gasteiger partial charge in [0.05, 0.1) is 12.7 Å². The van der Waals surface area contributed by atoms with Crippen LogP contribution in [0.1, 0.15) is 33.3 Å². The first kappa shape index (κ1) is 15.0. The number of ether oxygens (including phenoxy) is 1. The highest BCUT2D eigenvalue weighted by Gasteiger charge is 2.11. The molecule has 18 heavy (non-hydrogen) atoms. The van der Waals surface area contributed by atoms with Crippen LogP contribution in [0.3, 0.4) is 0 Å². The molecule has 3 nitrogen and oxygen atoms in total. The summed E-state index contributed by atoms with van der Waals surface area (Å²) in [5, 5.41) is 0. The molecular formula is C15H26N2O. The van der Waals surface area contributed by atoms with Gasteiger partial charge in [0.15, 0.2) is 0 Å². The van der Waals surface area contributed by atoms with Crippen LogP contribution >= 0.6 is 0 Å². The number of anilines is 1. The summed E-state index contributed by atoms with van der Waals surface area (Å²) < 4.78 is 5.62. The molecule has 0 amide bonds. The third kappa shape index (κ3) is 5.07. The quantitative estimate of drug-likeness (QED) is 0.756. The number of para-hydroxylation sites is 1. The molecule has 0 aliphatic heterocycles. The maximum Gasteiger partial charge on any atom is 0.0597 e. The largest absolute Gasteiger partial charge is 0.398 e. The minimum Gasteiger partial charge on any atom is -0.398 e. The predicted octanol–water partition coefficient (Wildman–Crippen LogP) is 2.90. The molecule has 0 saturated carbocycles. The summed E-state index contributed by atoms with van der Waals surface area (Å²) in [6, 6.07) is 8.54. The van der Waals surface area contributed by atoms with Gasteiger partial charge in [0.1, 0.15) is 0 Å². The molecule has 2 N–H and O–H groups in total. The van der Waals surface area contributed by atoms with Crippen molar-refractivity contribution in [2.24, 2.45) is 0 Å². The Morgan fingerprint density at radius 1 is 1.17 bits per heavy atom. The van der Waals surface area contributed by atoms with Crippen LogP contribution < -0.4 is 5.73 Å². The minimum atomic E-state index is 0.292. The average molecular weight is 250 g/mol. The Labute approximate surface area is 111 Å². The summed E-state index contributed by atoms with van der Waals surface area (Å²) >= 11 is 0. The number of hydrogen-bond donors (Lipinski definition) is 1. The summed E-state index contributed by atoms with van der Waals surface area (Å²) in [7, 11) is 0. The fraction of sp³-hybridized carbons (Fsp3) is 0.600. The summed E-state index contributed by atoms with van der Waals surface area (Å²) in [4.78, 5) is 2.38. The molecular weight excluding hydrogens is 224 g/mol. The van der Waals surface area contributed by atoms with Gasteiger partial charge in [-0.3, -0.25) is 4.90 Å². The Morgan fingerprint density at radius 2 is 1.83 bits per heavy atom. The van der Waals surface area contributed by atoms with Crippen molar-refractivity contribution >= 4 is 5.69 Å². The molecule has 0 atom stereocenters. The summed E-state index contributed by atoms with van der Waals surface area (Å²) in [5.41, 5.74) is 8.05. The van der Waals surface area contributed by atoms with Gasteiger partial charge in [-0.05, 0) is 39.3 Å². The van der Waals surface area contributed by atoms with Crippen molar-refractivity contribution in [1.82, 2.24) is 4.90 Å². The molecule has 1 rings (SSSR count). The van der Waals surface area contributed by atoms with E-state index in [0.29, 0.717) is 12.1 Å². The predicted molar refractivity (Wildman–Crippen MR) is 77.5 cm³/mol. The van der Waals surface area contributed by atoms with Gasteiger partial charge < -0.3 is 10.5 Å². The molecule has 0 saturated heterocycles. The lowest BCUT2D eigenvalue weighted by molar-refractivity contribution is 0.0503. The second kappa shape index (κ2) is 7.39. The molecule has 1 aromatic carbocycles. The zero-order valence-electron chi connectivity index (χ0n) is 12.0. The lowest BCUT2D eigenvalue weighted by atomic mass is 10.1. The fourth-order valence-electron chi connectivity index (χ4n) is 1.82. The molecule has 0 spiro atoms. The molecule has 1 aromatic rings. The summed E-state index contributed by atoms with van der Waals surface area (Å²) in [5.74, 6) is 0. The van der Waals surface area contributed by atoms with Crippen LogP contribution in [0.2, 0.25) is 0 Å². The van der Waals surface area contributed by atoms with Gasteiger partial charge in [0.2, 0.25) is 0 Å². The van der Waals surface area contributed by atoms with Crippen molar-refractivity contribution in [3.63, 3.8) is 0 Å². The first-order valence-corrected chi connectivity index (χ1v) is 6.69. The van der Waals surface area contributed by atoms with Gasteiger partial charge in [0.25, 0.3) is 0 Å². The van der Waals surface area contributed by atoms with Crippen molar-refractivity contribution in [2.45, 2.75) is 46.4 Å². The molecule has 0 fully saturated rings. The number of nitrogens with zero attached hydrogens (tertiary/aromatic N) is 1. The molecule has 0 aliphatic carbocycles. The Balaban J connectivity index is 2.55. The van der Waals surface area contributed by atoms with E-state index in [0.717, 1.165) is 25.4 Å². The van der Waals surface area contributed by atoms with Crippen molar-refractivity contribution in [2.75, 3.05) is 18.9 Å². The van der Waals surface area contributed by atoms with E-state index < -0.39 is 0 Å². The number of hydrogen-bond acceptors (Lipinski definition) is 3. The Hall–Kier alpha value is -1.06. The van der Waals surface area contributed by atoms with Crippen molar-refractivity contribution in [3.05, 3.63) is 29.8 Å². The third-order valence-electron chi connectivity index (χ3n) is 2.99. The fourth-order valence-corrected chi connectivity index (χ4v) is 1.82. The van der Waals surface area contributed by atoms with E-state index in [4.69, 9.17) is 10.5 Å². The molecule has 0 heterocycles. The van der Waals surface area contributed by atoms with Gasteiger partial charge in [-0.15, -0.1) is 0 Å². The lowest BCUT2D eigenvalue weighted by Gasteiger charge is -2.27.